The van der Waals surface area contributed by atoms with Gasteiger partial charge in [-0.25, -0.2) is 0 Å². The molecule has 0 heterocycles. The summed E-state index contributed by atoms with van der Waals surface area (Å²) >= 11 is 0. The largest absolute Gasteiger partial charge is 0.494 e. The van der Waals surface area contributed by atoms with Crippen molar-refractivity contribution in [3.63, 3.8) is 0 Å². The van der Waals surface area contributed by atoms with E-state index >= 15 is 0 Å². The fraction of sp³-hybridized carbons (Fsp3) is 0.364. The maximum atomic E-state index is 12.4. The third-order valence-electron chi connectivity index (χ3n) is 4.27. The van der Waals surface area contributed by atoms with E-state index in [2.05, 4.69) is 10.6 Å². The van der Waals surface area contributed by atoms with Crippen molar-refractivity contribution in [2.75, 3.05) is 11.9 Å². The van der Waals surface area contributed by atoms with Gasteiger partial charge in [0.15, 0.2) is 0 Å². The van der Waals surface area contributed by atoms with Crippen LogP contribution in [0.2, 0.25) is 0 Å². The lowest BCUT2D eigenvalue weighted by atomic mass is 10.1. The molecule has 0 unspecified atom stereocenters. The van der Waals surface area contributed by atoms with E-state index in [1.165, 1.54) is 5.56 Å². The van der Waals surface area contributed by atoms with Gasteiger partial charge in [-0.15, -0.1) is 0 Å². The fourth-order valence-corrected chi connectivity index (χ4v) is 2.46. The highest BCUT2D eigenvalue weighted by atomic mass is 16.5. The molecule has 1 atom stereocenters. The maximum Gasteiger partial charge on any atom is 0.253 e. The van der Waals surface area contributed by atoms with Gasteiger partial charge in [-0.05, 0) is 51.0 Å². The van der Waals surface area contributed by atoms with Crippen LogP contribution in [-0.4, -0.2) is 24.5 Å². The molecule has 0 saturated heterocycles. The Morgan fingerprint density at radius 2 is 1.78 bits per heavy atom. The number of aryl methyl sites for hydroxylation is 1. The Bertz CT molecular complexity index is 756. The maximum absolute atomic E-state index is 12.4. The fourth-order valence-electron chi connectivity index (χ4n) is 2.46. The molecule has 0 fully saturated rings. The summed E-state index contributed by atoms with van der Waals surface area (Å²) in [4.78, 5) is 24.6. The number of rotatable bonds is 9. The highest BCUT2D eigenvalue weighted by molar-refractivity contribution is 6.03. The second kappa shape index (κ2) is 10.4. The van der Waals surface area contributed by atoms with Gasteiger partial charge in [-0.3, -0.25) is 9.59 Å². The van der Waals surface area contributed by atoms with E-state index < -0.39 is 0 Å². The minimum Gasteiger partial charge on any atom is -0.494 e. The SMILES string of the molecule is CC[C@H](C)NC(=O)c1ccccc1NC(=O)CCCOc1ccc(C)cc1. The van der Waals surface area contributed by atoms with Gasteiger partial charge in [-0.1, -0.05) is 36.8 Å². The summed E-state index contributed by atoms with van der Waals surface area (Å²) in [5.74, 6) is 0.488. The zero-order valence-electron chi connectivity index (χ0n) is 16.2. The Morgan fingerprint density at radius 1 is 1.07 bits per heavy atom. The number of carbonyl (C=O) groups excluding carboxylic acids is 2. The first-order valence-corrected chi connectivity index (χ1v) is 9.38. The zero-order valence-corrected chi connectivity index (χ0v) is 16.2. The third kappa shape index (κ3) is 6.77. The Hall–Kier alpha value is -2.82. The molecule has 27 heavy (non-hydrogen) atoms. The second-order valence-electron chi connectivity index (χ2n) is 6.64. The molecule has 0 aromatic heterocycles. The van der Waals surface area contributed by atoms with Crippen LogP contribution in [-0.2, 0) is 4.79 Å². The molecular weight excluding hydrogens is 340 g/mol. The van der Waals surface area contributed by atoms with Crippen LogP contribution in [0.1, 0.15) is 49.0 Å². The van der Waals surface area contributed by atoms with Crippen molar-refractivity contribution in [3.05, 3.63) is 59.7 Å². The average molecular weight is 368 g/mol. The van der Waals surface area contributed by atoms with E-state index in [-0.39, 0.29) is 17.9 Å². The molecule has 5 heteroatoms. The van der Waals surface area contributed by atoms with E-state index in [1.54, 1.807) is 24.3 Å². The van der Waals surface area contributed by atoms with E-state index in [0.29, 0.717) is 30.7 Å². The number of amides is 2. The predicted molar refractivity (Wildman–Crippen MR) is 108 cm³/mol. The summed E-state index contributed by atoms with van der Waals surface area (Å²) in [6.45, 7) is 6.45. The molecular formula is C22H28N2O3. The molecule has 2 aromatic carbocycles. The molecule has 0 aliphatic rings. The molecule has 0 aliphatic heterocycles. The molecule has 144 valence electrons. The lowest BCUT2D eigenvalue weighted by Crippen LogP contribution is -2.32. The highest BCUT2D eigenvalue weighted by Crippen LogP contribution is 2.16. The Labute approximate surface area is 161 Å². The standard InChI is InChI=1S/C22H28N2O3/c1-4-17(3)23-22(26)19-8-5-6-9-20(19)24-21(25)10-7-15-27-18-13-11-16(2)12-14-18/h5-6,8-9,11-14,17H,4,7,10,15H2,1-3H3,(H,23,26)(H,24,25)/t17-/m0/s1. The van der Waals surface area contributed by atoms with E-state index in [4.69, 9.17) is 4.74 Å². The van der Waals surface area contributed by atoms with Crippen LogP contribution in [0, 0.1) is 6.92 Å². The second-order valence-corrected chi connectivity index (χ2v) is 6.64. The molecule has 0 aliphatic carbocycles. The van der Waals surface area contributed by atoms with Crippen molar-refractivity contribution in [2.24, 2.45) is 0 Å². The number of para-hydroxylation sites is 1. The van der Waals surface area contributed by atoms with Crippen molar-refractivity contribution >= 4 is 17.5 Å². The van der Waals surface area contributed by atoms with E-state index in [9.17, 15) is 9.59 Å². The number of ether oxygens (including phenoxy) is 1. The first-order valence-electron chi connectivity index (χ1n) is 9.38. The van der Waals surface area contributed by atoms with Gasteiger partial charge < -0.3 is 15.4 Å². The average Bonchev–Trinajstić information content (AvgIpc) is 2.67. The first kappa shape index (κ1) is 20.5. The minimum absolute atomic E-state index is 0.0835. The Morgan fingerprint density at radius 3 is 2.48 bits per heavy atom. The van der Waals surface area contributed by atoms with Crippen molar-refractivity contribution in [1.29, 1.82) is 0 Å². The van der Waals surface area contributed by atoms with Crippen LogP contribution in [0.25, 0.3) is 0 Å². The third-order valence-corrected chi connectivity index (χ3v) is 4.27. The van der Waals surface area contributed by atoms with Crippen LogP contribution in [0.15, 0.2) is 48.5 Å². The molecule has 0 saturated carbocycles. The highest BCUT2D eigenvalue weighted by Gasteiger charge is 2.14. The van der Waals surface area contributed by atoms with Crippen LogP contribution in [0.4, 0.5) is 5.69 Å². The molecule has 2 N–H and O–H groups in total. The Kier molecular flexibility index (Phi) is 7.86. The number of anilines is 1. The molecule has 0 radical (unpaired) electrons. The van der Waals surface area contributed by atoms with Crippen molar-refractivity contribution in [3.8, 4) is 5.75 Å². The predicted octanol–water partition coefficient (Wildman–Crippen LogP) is 4.32. The van der Waals surface area contributed by atoms with E-state index in [0.717, 1.165) is 12.2 Å². The molecule has 5 nitrogen and oxygen atoms in total. The summed E-state index contributed by atoms with van der Waals surface area (Å²) in [7, 11) is 0. The lowest BCUT2D eigenvalue weighted by Gasteiger charge is -2.14. The van der Waals surface area contributed by atoms with Gasteiger partial charge in [0.25, 0.3) is 5.91 Å². The quantitative estimate of drug-likeness (QED) is 0.648. The van der Waals surface area contributed by atoms with E-state index in [1.807, 2.05) is 45.0 Å². The van der Waals surface area contributed by atoms with Gasteiger partial charge in [0.05, 0.1) is 17.9 Å². The number of nitrogens with one attached hydrogen (secondary N) is 2. The van der Waals surface area contributed by atoms with Crippen LogP contribution >= 0.6 is 0 Å². The van der Waals surface area contributed by atoms with Gasteiger partial charge in [-0.2, -0.15) is 0 Å². The van der Waals surface area contributed by atoms with Gasteiger partial charge in [0.1, 0.15) is 5.75 Å². The minimum atomic E-state index is -0.178. The molecule has 2 aromatic rings. The first-order chi connectivity index (χ1) is 13.0. The van der Waals surface area contributed by atoms with Gasteiger partial charge in [0, 0.05) is 12.5 Å². The van der Waals surface area contributed by atoms with Crippen LogP contribution in [0.5, 0.6) is 5.75 Å². The normalized spacial score (nSPS) is 11.5. The Balaban J connectivity index is 1.83. The van der Waals surface area contributed by atoms with Crippen molar-refractivity contribution in [1.82, 2.24) is 5.32 Å². The summed E-state index contributed by atoms with van der Waals surface area (Å²) in [5, 5.41) is 5.76. The van der Waals surface area contributed by atoms with Crippen LogP contribution in [0.3, 0.4) is 0 Å². The molecule has 0 spiro atoms. The number of carbonyl (C=O) groups is 2. The molecule has 0 bridgehead atoms. The monoisotopic (exact) mass is 368 g/mol. The summed E-state index contributed by atoms with van der Waals surface area (Å²) in [6.07, 6.45) is 1.77. The number of hydrogen-bond donors (Lipinski definition) is 2. The van der Waals surface area contributed by atoms with Gasteiger partial charge >= 0.3 is 0 Å². The van der Waals surface area contributed by atoms with Crippen molar-refractivity contribution in [2.45, 2.75) is 46.1 Å². The smallest absolute Gasteiger partial charge is 0.253 e. The molecule has 2 amide bonds. The summed E-state index contributed by atoms with van der Waals surface area (Å²) in [6, 6.07) is 14.9. The zero-order chi connectivity index (χ0) is 19.6. The number of benzene rings is 2. The van der Waals surface area contributed by atoms with Crippen LogP contribution < -0.4 is 15.4 Å². The lowest BCUT2D eigenvalue weighted by molar-refractivity contribution is -0.116. The summed E-state index contributed by atoms with van der Waals surface area (Å²) in [5.41, 5.74) is 2.18. The summed E-state index contributed by atoms with van der Waals surface area (Å²) < 4.78 is 5.64. The number of hydrogen-bond acceptors (Lipinski definition) is 3. The topological polar surface area (TPSA) is 67.4 Å². The van der Waals surface area contributed by atoms with Gasteiger partial charge in [0.2, 0.25) is 5.91 Å². The molecule has 2 rings (SSSR count). The van der Waals surface area contributed by atoms with Crippen molar-refractivity contribution < 1.29 is 14.3 Å².